The third kappa shape index (κ3) is 6.65. The van der Waals surface area contributed by atoms with Crippen LogP contribution in [0.4, 0.5) is 0 Å². The van der Waals surface area contributed by atoms with Gasteiger partial charge in [-0.2, -0.15) is 5.26 Å². The summed E-state index contributed by atoms with van der Waals surface area (Å²) in [5, 5.41) is 8.99. The molecule has 2 atom stereocenters. The summed E-state index contributed by atoms with van der Waals surface area (Å²) in [4.78, 5) is 2.37. The minimum atomic E-state index is -0.623. The lowest BCUT2D eigenvalue weighted by Crippen LogP contribution is -2.39. The molecule has 0 aromatic heterocycles. The number of nitriles is 1. The zero-order chi connectivity index (χ0) is 13.5. The van der Waals surface area contributed by atoms with E-state index in [1.165, 1.54) is 6.42 Å². The molecule has 0 heterocycles. The number of nitrogens with two attached hydrogens (primary N) is 1. The third-order valence-corrected chi connectivity index (χ3v) is 3.55. The molecule has 0 fully saturated rings. The lowest BCUT2D eigenvalue weighted by molar-refractivity contribution is 0.219. The Morgan fingerprint density at radius 1 is 1.35 bits per heavy atom. The molecule has 0 saturated heterocycles. The van der Waals surface area contributed by atoms with Crippen LogP contribution in [-0.2, 0) is 0 Å². The second-order valence-electron chi connectivity index (χ2n) is 5.68. The van der Waals surface area contributed by atoms with Gasteiger partial charge in [-0.1, -0.05) is 20.8 Å². The van der Waals surface area contributed by atoms with Gasteiger partial charge in [0.25, 0.3) is 0 Å². The normalized spacial score (nSPS) is 16.9. The van der Waals surface area contributed by atoms with Gasteiger partial charge in [-0.05, 0) is 52.1 Å². The van der Waals surface area contributed by atoms with Crippen molar-refractivity contribution in [1.82, 2.24) is 4.90 Å². The third-order valence-electron chi connectivity index (χ3n) is 3.55. The summed E-state index contributed by atoms with van der Waals surface area (Å²) in [5.74, 6) is 0.732. The second-order valence-corrected chi connectivity index (χ2v) is 5.68. The highest BCUT2D eigenvalue weighted by Crippen LogP contribution is 2.15. The Balaban J connectivity index is 3.93. The fraction of sp³-hybridized carbons (Fsp3) is 0.929. The number of rotatable bonds is 8. The van der Waals surface area contributed by atoms with Gasteiger partial charge in [-0.25, -0.2) is 0 Å². The monoisotopic (exact) mass is 239 g/mol. The van der Waals surface area contributed by atoms with Crippen molar-refractivity contribution in [2.75, 3.05) is 13.6 Å². The molecule has 0 aliphatic carbocycles. The summed E-state index contributed by atoms with van der Waals surface area (Å²) in [5.41, 5.74) is 5.34. The Morgan fingerprint density at radius 3 is 2.35 bits per heavy atom. The van der Waals surface area contributed by atoms with Crippen LogP contribution < -0.4 is 5.73 Å². The van der Waals surface area contributed by atoms with Crippen molar-refractivity contribution >= 4 is 0 Å². The van der Waals surface area contributed by atoms with Gasteiger partial charge in [-0.3, -0.25) is 0 Å². The SMILES string of the molecule is CCC(N)(C#N)CCCN(C)C(C)CC(C)C. The smallest absolute Gasteiger partial charge is 0.104 e. The zero-order valence-corrected chi connectivity index (χ0v) is 12.2. The van der Waals surface area contributed by atoms with Gasteiger partial charge in [0.05, 0.1) is 6.07 Å². The van der Waals surface area contributed by atoms with Crippen molar-refractivity contribution < 1.29 is 0 Å². The fourth-order valence-electron chi connectivity index (χ4n) is 2.04. The van der Waals surface area contributed by atoms with Gasteiger partial charge in [0.2, 0.25) is 0 Å². The minimum Gasteiger partial charge on any atom is -0.313 e. The van der Waals surface area contributed by atoms with Gasteiger partial charge in [-0.15, -0.1) is 0 Å². The maximum atomic E-state index is 8.99. The topological polar surface area (TPSA) is 53.1 Å². The molecule has 17 heavy (non-hydrogen) atoms. The van der Waals surface area contributed by atoms with Gasteiger partial charge in [0.1, 0.15) is 5.54 Å². The van der Waals surface area contributed by atoms with Crippen molar-refractivity contribution in [1.29, 1.82) is 5.26 Å². The van der Waals surface area contributed by atoms with Crippen molar-refractivity contribution in [2.24, 2.45) is 11.7 Å². The highest BCUT2D eigenvalue weighted by Gasteiger charge is 2.21. The van der Waals surface area contributed by atoms with Crippen molar-refractivity contribution in [3.8, 4) is 6.07 Å². The Kier molecular flexibility index (Phi) is 7.41. The van der Waals surface area contributed by atoms with Gasteiger partial charge in [0, 0.05) is 6.04 Å². The van der Waals surface area contributed by atoms with Crippen LogP contribution in [-0.4, -0.2) is 30.1 Å². The summed E-state index contributed by atoms with van der Waals surface area (Å²) >= 11 is 0. The predicted octanol–water partition coefficient (Wildman–Crippen LogP) is 2.76. The molecular weight excluding hydrogens is 210 g/mol. The molecule has 0 aromatic rings. The molecule has 0 bridgehead atoms. The quantitative estimate of drug-likeness (QED) is 0.708. The van der Waals surface area contributed by atoms with E-state index >= 15 is 0 Å². The van der Waals surface area contributed by atoms with E-state index in [1.807, 2.05) is 6.92 Å². The van der Waals surface area contributed by atoms with Crippen LogP contribution in [0.25, 0.3) is 0 Å². The van der Waals surface area contributed by atoms with E-state index in [1.54, 1.807) is 0 Å². The first-order chi connectivity index (χ1) is 7.84. The van der Waals surface area contributed by atoms with E-state index in [4.69, 9.17) is 11.0 Å². The first-order valence-electron chi connectivity index (χ1n) is 6.75. The molecule has 0 radical (unpaired) electrons. The molecule has 2 N–H and O–H groups in total. The van der Waals surface area contributed by atoms with Crippen LogP contribution in [0, 0.1) is 17.2 Å². The Labute approximate surface area is 107 Å². The van der Waals surface area contributed by atoms with Crippen LogP contribution in [0.2, 0.25) is 0 Å². The molecule has 3 nitrogen and oxygen atoms in total. The highest BCUT2D eigenvalue weighted by molar-refractivity contribution is 5.03. The molecule has 0 aliphatic heterocycles. The molecule has 3 heteroatoms. The molecule has 0 amide bonds. The second kappa shape index (κ2) is 7.68. The molecule has 0 aromatic carbocycles. The Morgan fingerprint density at radius 2 is 1.94 bits per heavy atom. The fourth-order valence-corrected chi connectivity index (χ4v) is 2.04. The Bertz CT molecular complexity index is 244. The van der Waals surface area contributed by atoms with Crippen molar-refractivity contribution in [3.05, 3.63) is 0 Å². The maximum absolute atomic E-state index is 8.99. The molecule has 0 saturated carbocycles. The Hall–Kier alpha value is -0.590. The standard InChI is InChI=1S/C14H29N3/c1-6-14(16,11-15)8-7-9-17(5)13(4)10-12(2)3/h12-13H,6-10,16H2,1-5H3. The number of hydrogen-bond donors (Lipinski definition) is 1. The van der Waals surface area contributed by atoms with Crippen LogP contribution in [0.5, 0.6) is 0 Å². The van der Waals surface area contributed by atoms with Gasteiger partial charge < -0.3 is 10.6 Å². The molecule has 0 spiro atoms. The summed E-state index contributed by atoms with van der Waals surface area (Å²) in [6.07, 6.45) is 3.74. The van der Waals surface area contributed by atoms with Crippen LogP contribution in [0.15, 0.2) is 0 Å². The minimum absolute atomic E-state index is 0.603. The molecule has 2 unspecified atom stereocenters. The largest absolute Gasteiger partial charge is 0.313 e. The molecule has 100 valence electrons. The van der Waals surface area contributed by atoms with Gasteiger partial charge >= 0.3 is 0 Å². The average Bonchev–Trinajstić information content (AvgIpc) is 2.27. The van der Waals surface area contributed by atoms with Crippen molar-refractivity contribution in [2.45, 2.75) is 65.0 Å². The van der Waals surface area contributed by atoms with E-state index in [9.17, 15) is 0 Å². The summed E-state index contributed by atoms with van der Waals surface area (Å²) in [7, 11) is 2.16. The van der Waals surface area contributed by atoms with E-state index in [0.29, 0.717) is 6.04 Å². The lowest BCUT2D eigenvalue weighted by Gasteiger charge is -2.27. The molecule has 0 rings (SSSR count). The maximum Gasteiger partial charge on any atom is 0.104 e. The zero-order valence-electron chi connectivity index (χ0n) is 12.2. The predicted molar refractivity (Wildman–Crippen MR) is 73.6 cm³/mol. The van der Waals surface area contributed by atoms with Crippen LogP contribution in [0.3, 0.4) is 0 Å². The summed E-state index contributed by atoms with van der Waals surface area (Å²) in [6.45, 7) is 9.77. The van der Waals surface area contributed by atoms with Gasteiger partial charge in [0.15, 0.2) is 0 Å². The number of nitrogens with zero attached hydrogens (tertiary/aromatic N) is 2. The average molecular weight is 239 g/mol. The lowest BCUT2D eigenvalue weighted by atomic mass is 9.93. The number of hydrogen-bond acceptors (Lipinski definition) is 3. The first kappa shape index (κ1) is 16.4. The van der Waals surface area contributed by atoms with Crippen LogP contribution in [0.1, 0.15) is 53.4 Å². The first-order valence-corrected chi connectivity index (χ1v) is 6.75. The van der Waals surface area contributed by atoms with Crippen molar-refractivity contribution in [3.63, 3.8) is 0 Å². The van der Waals surface area contributed by atoms with E-state index in [0.717, 1.165) is 31.7 Å². The van der Waals surface area contributed by atoms with E-state index in [-0.39, 0.29) is 0 Å². The van der Waals surface area contributed by atoms with E-state index in [2.05, 4.69) is 38.8 Å². The summed E-state index contributed by atoms with van der Waals surface area (Å²) < 4.78 is 0. The highest BCUT2D eigenvalue weighted by atomic mass is 15.1. The molecule has 0 aliphatic rings. The summed E-state index contributed by atoms with van der Waals surface area (Å²) in [6, 6.07) is 2.83. The van der Waals surface area contributed by atoms with E-state index < -0.39 is 5.54 Å². The molecular formula is C14H29N3. The van der Waals surface area contributed by atoms with Crippen LogP contribution >= 0.6 is 0 Å².